The first kappa shape index (κ1) is 17.1. The zero-order chi connectivity index (χ0) is 13.0. The lowest BCUT2D eigenvalue weighted by atomic mass is 10.2. The first-order valence-corrected chi connectivity index (χ1v) is 6.26. The quantitative estimate of drug-likeness (QED) is 0.671. The van der Waals surface area contributed by atoms with E-state index in [1.165, 1.54) is 10.9 Å². The molecule has 1 aromatic carbocycles. The van der Waals surface area contributed by atoms with Crippen LogP contribution in [0.3, 0.4) is 0 Å². The molecule has 0 amide bonds. The van der Waals surface area contributed by atoms with E-state index < -0.39 is 0 Å². The Morgan fingerprint density at radius 1 is 0.938 bits per heavy atom. The van der Waals surface area contributed by atoms with Gasteiger partial charge in [0.15, 0.2) is 0 Å². The lowest BCUT2D eigenvalue weighted by Crippen LogP contribution is -1.70. The van der Waals surface area contributed by atoms with Gasteiger partial charge in [0.25, 0.3) is 0 Å². The third-order valence-electron chi connectivity index (χ3n) is 1.60. The molecule has 0 spiro atoms. The van der Waals surface area contributed by atoms with E-state index in [1.807, 2.05) is 53.8 Å². The van der Waals surface area contributed by atoms with E-state index in [2.05, 4.69) is 29.3 Å². The molecule has 2 aromatic rings. The predicted octanol–water partition coefficient (Wildman–Crippen LogP) is 4.95. The Balaban J connectivity index is 0. The number of hydrogen-bond donors (Lipinski definition) is 1. The molecule has 92 valence electrons. The number of nitrogens with one attached hydrogen (secondary N) is 1. The lowest BCUT2D eigenvalue weighted by Gasteiger charge is -1.89. The molecule has 1 heterocycles. The van der Waals surface area contributed by atoms with Crippen LogP contribution in [0, 0.1) is 6.92 Å². The Kier molecular flexibility index (Phi) is 12.6. The van der Waals surface area contributed by atoms with Crippen molar-refractivity contribution in [2.45, 2.75) is 48.5 Å². The van der Waals surface area contributed by atoms with Gasteiger partial charge in [0.05, 0.1) is 11.7 Å². The molecule has 0 bridgehead atoms. The zero-order valence-electron chi connectivity index (χ0n) is 11.8. The first-order valence-electron chi connectivity index (χ1n) is 6.26. The van der Waals surface area contributed by atoms with Crippen molar-refractivity contribution in [3.63, 3.8) is 0 Å². The van der Waals surface area contributed by atoms with Crippen LogP contribution in [0.15, 0.2) is 24.4 Å². The molecule has 0 unspecified atom stereocenters. The van der Waals surface area contributed by atoms with Crippen LogP contribution in [0.25, 0.3) is 10.9 Å². The Labute approximate surface area is 100 Å². The van der Waals surface area contributed by atoms with Gasteiger partial charge in [-0.3, -0.25) is 5.10 Å². The summed E-state index contributed by atoms with van der Waals surface area (Å²) in [6, 6.07) is 6.22. The van der Waals surface area contributed by atoms with Gasteiger partial charge in [-0.15, -0.1) is 0 Å². The number of aromatic amines is 1. The molecule has 0 aliphatic carbocycles. The van der Waals surface area contributed by atoms with Crippen LogP contribution < -0.4 is 0 Å². The molecule has 0 aliphatic heterocycles. The van der Waals surface area contributed by atoms with Crippen molar-refractivity contribution in [2.24, 2.45) is 0 Å². The molecule has 16 heavy (non-hydrogen) atoms. The van der Waals surface area contributed by atoms with Crippen LogP contribution in [-0.2, 0) is 0 Å². The normalized spacial score (nSPS) is 7.69. The maximum Gasteiger partial charge on any atom is 0.0650 e. The van der Waals surface area contributed by atoms with Crippen LogP contribution in [0.4, 0.5) is 0 Å². The van der Waals surface area contributed by atoms with Crippen molar-refractivity contribution < 1.29 is 0 Å². The molecule has 2 rings (SSSR count). The molecule has 0 radical (unpaired) electrons. The fraction of sp³-hybridized carbons (Fsp3) is 0.500. The van der Waals surface area contributed by atoms with Crippen LogP contribution in [-0.4, -0.2) is 10.2 Å². The van der Waals surface area contributed by atoms with Crippen LogP contribution in [0.1, 0.15) is 47.1 Å². The van der Waals surface area contributed by atoms with E-state index in [1.54, 1.807) is 0 Å². The second-order valence-corrected chi connectivity index (χ2v) is 2.46. The predicted molar refractivity (Wildman–Crippen MR) is 74.9 cm³/mol. The summed E-state index contributed by atoms with van der Waals surface area (Å²) in [5, 5.41) is 7.99. The molecule has 0 saturated heterocycles. The number of hydrogen-bond acceptors (Lipinski definition) is 1. The second kappa shape index (κ2) is 11.8. The fourth-order valence-corrected chi connectivity index (χ4v) is 1.06. The minimum Gasteiger partial charge on any atom is -0.278 e. The van der Waals surface area contributed by atoms with Gasteiger partial charge < -0.3 is 0 Å². The monoisotopic (exact) mass is 222 g/mol. The molecule has 0 aliphatic rings. The van der Waals surface area contributed by atoms with Gasteiger partial charge >= 0.3 is 0 Å². The van der Waals surface area contributed by atoms with E-state index in [9.17, 15) is 0 Å². The number of aromatic nitrogens is 2. The zero-order valence-corrected chi connectivity index (χ0v) is 11.8. The van der Waals surface area contributed by atoms with Gasteiger partial charge in [-0.05, 0) is 19.1 Å². The smallest absolute Gasteiger partial charge is 0.0650 e. The summed E-state index contributed by atoms with van der Waals surface area (Å²) >= 11 is 0. The third kappa shape index (κ3) is 5.54. The number of H-pyrrole nitrogens is 1. The Morgan fingerprint density at radius 2 is 1.50 bits per heavy atom. The van der Waals surface area contributed by atoms with Crippen molar-refractivity contribution in [3.05, 3.63) is 30.0 Å². The van der Waals surface area contributed by atoms with Crippen LogP contribution in [0.2, 0.25) is 0 Å². The van der Waals surface area contributed by atoms with Gasteiger partial charge in [-0.25, -0.2) is 0 Å². The number of benzene rings is 1. The highest BCUT2D eigenvalue weighted by molar-refractivity contribution is 5.78. The molecule has 2 nitrogen and oxygen atoms in total. The maximum atomic E-state index is 3.92. The minimum atomic E-state index is 1.10. The number of aryl methyl sites for hydroxylation is 1. The molecule has 0 atom stereocenters. The topological polar surface area (TPSA) is 28.7 Å². The summed E-state index contributed by atoms with van der Waals surface area (Å²) in [5.41, 5.74) is 2.37. The summed E-state index contributed by atoms with van der Waals surface area (Å²) in [5.74, 6) is 0. The average molecular weight is 222 g/mol. The molecule has 1 N–H and O–H groups in total. The van der Waals surface area contributed by atoms with Gasteiger partial charge in [-0.2, -0.15) is 5.10 Å². The summed E-state index contributed by atoms with van der Waals surface area (Å²) in [6.45, 7) is 14.1. The minimum absolute atomic E-state index is 1.10. The van der Waals surface area contributed by atoms with Crippen LogP contribution in [0.5, 0.6) is 0 Å². The standard InChI is InChI=1S/C8H8N2.3C2H6/c1-6-2-3-8-7(4-6)5-9-10-8;3*1-2/h2-5H,1H3,(H,9,10);3*1-2H3. The average Bonchev–Trinajstić information content (AvgIpc) is 2.84. The lowest BCUT2D eigenvalue weighted by molar-refractivity contribution is 1.12. The summed E-state index contributed by atoms with van der Waals surface area (Å²) < 4.78 is 0. The van der Waals surface area contributed by atoms with E-state index >= 15 is 0 Å². The van der Waals surface area contributed by atoms with Crippen molar-refractivity contribution >= 4 is 10.9 Å². The summed E-state index contributed by atoms with van der Waals surface area (Å²) in [4.78, 5) is 0. The van der Waals surface area contributed by atoms with Crippen molar-refractivity contribution in [2.75, 3.05) is 0 Å². The first-order chi connectivity index (χ1) is 7.86. The van der Waals surface area contributed by atoms with E-state index in [-0.39, 0.29) is 0 Å². The Hall–Kier alpha value is -1.31. The molecule has 0 fully saturated rings. The SMILES string of the molecule is CC.CC.CC.Cc1ccc2[nH]ncc2c1. The van der Waals surface area contributed by atoms with Crippen molar-refractivity contribution in [1.82, 2.24) is 10.2 Å². The Bertz CT molecular complexity index is 350. The highest BCUT2D eigenvalue weighted by atomic mass is 15.1. The molecular weight excluding hydrogens is 196 g/mol. The maximum absolute atomic E-state index is 3.92. The molecule has 1 aromatic heterocycles. The van der Waals surface area contributed by atoms with Gasteiger partial charge in [0.1, 0.15) is 0 Å². The highest BCUT2D eigenvalue weighted by Gasteiger charge is 1.92. The molecule has 2 heteroatoms. The second-order valence-electron chi connectivity index (χ2n) is 2.46. The number of fused-ring (bicyclic) bond motifs is 1. The van der Waals surface area contributed by atoms with Gasteiger partial charge in [0, 0.05) is 5.39 Å². The molecular formula is C14H26N2. The molecule has 0 saturated carbocycles. The number of rotatable bonds is 0. The van der Waals surface area contributed by atoms with Gasteiger partial charge in [-0.1, -0.05) is 53.2 Å². The highest BCUT2D eigenvalue weighted by Crippen LogP contribution is 2.11. The van der Waals surface area contributed by atoms with Gasteiger partial charge in [0.2, 0.25) is 0 Å². The summed E-state index contributed by atoms with van der Waals surface area (Å²) in [7, 11) is 0. The summed E-state index contributed by atoms with van der Waals surface area (Å²) in [6.07, 6.45) is 1.84. The van der Waals surface area contributed by atoms with Crippen LogP contribution >= 0.6 is 0 Å². The van der Waals surface area contributed by atoms with E-state index in [0.717, 1.165) is 5.52 Å². The van der Waals surface area contributed by atoms with Crippen molar-refractivity contribution in [3.8, 4) is 0 Å². The fourth-order valence-electron chi connectivity index (χ4n) is 1.06. The van der Waals surface area contributed by atoms with E-state index in [4.69, 9.17) is 0 Å². The Morgan fingerprint density at radius 3 is 2.06 bits per heavy atom. The number of nitrogens with zero attached hydrogens (tertiary/aromatic N) is 1. The largest absolute Gasteiger partial charge is 0.278 e. The van der Waals surface area contributed by atoms with E-state index in [0.29, 0.717) is 0 Å². The van der Waals surface area contributed by atoms with Crippen molar-refractivity contribution in [1.29, 1.82) is 0 Å². The third-order valence-corrected chi connectivity index (χ3v) is 1.60.